The van der Waals surface area contributed by atoms with Crippen LogP contribution in [0.25, 0.3) is 0 Å². The maximum Gasteiger partial charge on any atom is 0.200 e. The van der Waals surface area contributed by atoms with Crippen LogP contribution in [0, 0.1) is 0 Å². The molecule has 0 saturated carbocycles. The number of nitrogen functional groups attached to an aromatic ring is 1. The monoisotopic (exact) mass is 413 g/mol. The predicted octanol–water partition coefficient (Wildman–Crippen LogP) is 4.77. The first-order valence-corrected chi connectivity index (χ1v) is 10.3. The molecule has 0 aliphatic rings. The topological polar surface area (TPSA) is 62.3 Å². The van der Waals surface area contributed by atoms with Crippen molar-refractivity contribution in [1.29, 1.82) is 0 Å². The van der Waals surface area contributed by atoms with E-state index >= 15 is 0 Å². The number of rotatable bonds is 8. The first-order chi connectivity index (χ1) is 15.1. The molecule has 0 amide bonds. The number of methoxy groups -OCH3 is 1. The normalized spacial score (nSPS) is 10.8. The third-order valence-corrected chi connectivity index (χ3v) is 5.41. The molecule has 0 saturated heterocycles. The molecule has 4 rings (SSSR count). The van der Waals surface area contributed by atoms with Crippen LogP contribution in [0.1, 0.15) is 28.1 Å². The smallest absolute Gasteiger partial charge is 0.200 e. The van der Waals surface area contributed by atoms with Gasteiger partial charge in [-0.3, -0.25) is 0 Å². The molecule has 1 heterocycles. The number of nitrogens with two attached hydrogens (primary N) is 1. The van der Waals surface area contributed by atoms with E-state index in [1.807, 2.05) is 54.1 Å². The Labute approximate surface area is 183 Å². The highest BCUT2D eigenvalue weighted by Gasteiger charge is 2.14. The molecule has 0 radical (unpaired) electrons. The van der Waals surface area contributed by atoms with Crippen LogP contribution in [-0.4, -0.2) is 16.7 Å². The molecule has 3 aromatic carbocycles. The van der Waals surface area contributed by atoms with Crippen molar-refractivity contribution in [2.75, 3.05) is 12.8 Å². The van der Waals surface area contributed by atoms with Crippen LogP contribution < -0.4 is 15.2 Å². The van der Waals surface area contributed by atoms with Crippen molar-refractivity contribution >= 4 is 5.95 Å². The van der Waals surface area contributed by atoms with Gasteiger partial charge in [-0.2, -0.15) is 0 Å². The van der Waals surface area contributed by atoms with Gasteiger partial charge in [-0.15, -0.1) is 0 Å². The Morgan fingerprint density at radius 1 is 0.774 bits per heavy atom. The molecule has 0 bridgehead atoms. The molecule has 0 spiro atoms. The molecule has 5 heteroatoms. The van der Waals surface area contributed by atoms with Crippen LogP contribution in [-0.2, 0) is 26.5 Å². The summed E-state index contributed by atoms with van der Waals surface area (Å²) in [6.45, 7) is 0.560. The van der Waals surface area contributed by atoms with Crippen LogP contribution in [0.2, 0.25) is 0 Å². The zero-order chi connectivity index (χ0) is 21.6. The molecule has 5 nitrogen and oxygen atoms in total. The van der Waals surface area contributed by atoms with Gasteiger partial charge >= 0.3 is 0 Å². The van der Waals surface area contributed by atoms with Gasteiger partial charge < -0.3 is 19.8 Å². The number of nitrogens with zero attached hydrogens (tertiary/aromatic N) is 2. The Morgan fingerprint density at radius 3 is 2.03 bits per heavy atom. The molecule has 1 aromatic heterocycles. The lowest BCUT2D eigenvalue weighted by atomic mass is 10.0. The van der Waals surface area contributed by atoms with Gasteiger partial charge in [0.1, 0.15) is 18.1 Å². The van der Waals surface area contributed by atoms with Crippen molar-refractivity contribution in [3.8, 4) is 11.5 Å². The highest BCUT2D eigenvalue weighted by Crippen LogP contribution is 2.22. The van der Waals surface area contributed by atoms with Gasteiger partial charge in [-0.1, -0.05) is 54.6 Å². The number of ether oxygens (including phenoxy) is 2. The van der Waals surface area contributed by atoms with E-state index in [1.54, 1.807) is 7.11 Å². The van der Waals surface area contributed by atoms with Crippen molar-refractivity contribution in [3.63, 3.8) is 0 Å². The largest absolute Gasteiger partial charge is 0.497 e. The number of hydrogen-bond acceptors (Lipinski definition) is 4. The first kappa shape index (κ1) is 20.5. The zero-order valence-corrected chi connectivity index (χ0v) is 17.9. The van der Waals surface area contributed by atoms with Crippen LogP contribution in [0.5, 0.6) is 11.5 Å². The summed E-state index contributed by atoms with van der Waals surface area (Å²) in [5.41, 5.74) is 11.7. The predicted molar refractivity (Wildman–Crippen MR) is 123 cm³/mol. The van der Waals surface area contributed by atoms with Crippen LogP contribution >= 0.6 is 0 Å². The Morgan fingerprint density at radius 2 is 1.39 bits per heavy atom. The van der Waals surface area contributed by atoms with E-state index in [0.717, 1.165) is 41.3 Å². The van der Waals surface area contributed by atoms with E-state index in [0.29, 0.717) is 12.6 Å². The van der Waals surface area contributed by atoms with Crippen molar-refractivity contribution < 1.29 is 9.47 Å². The molecule has 0 atom stereocenters. The van der Waals surface area contributed by atoms with Gasteiger partial charge in [0.2, 0.25) is 0 Å². The average Bonchev–Trinajstić information content (AvgIpc) is 3.07. The van der Waals surface area contributed by atoms with Crippen LogP contribution in [0.15, 0.2) is 78.9 Å². The Bertz CT molecular complexity index is 1120. The molecular weight excluding hydrogens is 386 g/mol. The summed E-state index contributed by atoms with van der Waals surface area (Å²) in [4.78, 5) is 4.61. The second kappa shape index (κ2) is 9.39. The third kappa shape index (κ3) is 5.07. The van der Waals surface area contributed by atoms with Gasteiger partial charge in [-0.05, 0) is 41.0 Å². The first-order valence-electron chi connectivity index (χ1n) is 10.3. The number of benzene rings is 3. The fourth-order valence-electron chi connectivity index (χ4n) is 3.55. The third-order valence-electron chi connectivity index (χ3n) is 5.41. The fraction of sp³-hybridized carbons (Fsp3) is 0.192. The van der Waals surface area contributed by atoms with E-state index in [4.69, 9.17) is 15.2 Å². The highest BCUT2D eigenvalue weighted by molar-refractivity contribution is 5.38. The second-order valence-corrected chi connectivity index (χ2v) is 7.54. The molecule has 158 valence electrons. The Hall–Kier alpha value is -3.73. The number of aromatic nitrogens is 2. The standard InChI is InChI=1S/C26H27N3O2/c1-29-25(24(28-26(29)27)16-19-8-12-22(30-2)13-9-19)17-20-10-14-23(15-11-20)31-18-21-6-4-3-5-7-21/h3-15H,16-18H2,1-2H3,(H2,27,28). The maximum atomic E-state index is 6.13. The molecule has 31 heavy (non-hydrogen) atoms. The summed E-state index contributed by atoms with van der Waals surface area (Å²) >= 11 is 0. The summed E-state index contributed by atoms with van der Waals surface area (Å²) in [6.07, 6.45) is 1.48. The molecule has 0 unspecified atom stereocenters. The van der Waals surface area contributed by atoms with Gasteiger partial charge in [0.15, 0.2) is 5.95 Å². The van der Waals surface area contributed by atoms with Gasteiger partial charge in [0.25, 0.3) is 0 Å². The van der Waals surface area contributed by atoms with Crippen molar-refractivity contribution in [2.24, 2.45) is 7.05 Å². The lowest BCUT2D eigenvalue weighted by Gasteiger charge is -2.10. The van der Waals surface area contributed by atoms with E-state index in [1.165, 1.54) is 11.1 Å². The molecule has 0 aliphatic heterocycles. The molecule has 2 N–H and O–H groups in total. The highest BCUT2D eigenvalue weighted by atomic mass is 16.5. The van der Waals surface area contributed by atoms with E-state index in [-0.39, 0.29) is 0 Å². The van der Waals surface area contributed by atoms with E-state index in [9.17, 15) is 0 Å². The van der Waals surface area contributed by atoms with Crippen molar-refractivity contribution in [1.82, 2.24) is 9.55 Å². The fourth-order valence-corrected chi connectivity index (χ4v) is 3.55. The molecule has 0 fully saturated rings. The Kier molecular flexibility index (Phi) is 6.22. The number of hydrogen-bond donors (Lipinski definition) is 1. The van der Waals surface area contributed by atoms with E-state index in [2.05, 4.69) is 41.4 Å². The Balaban J connectivity index is 1.45. The van der Waals surface area contributed by atoms with Crippen LogP contribution in [0.3, 0.4) is 0 Å². The van der Waals surface area contributed by atoms with Crippen molar-refractivity contribution in [3.05, 3.63) is 107 Å². The van der Waals surface area contributed by atoms with Gasteiger partial charge in [0.05, 0.1) is 12.8 Å². The maximum absolute atomic E-state index is 6.13. The summed E-state index contributed by atoms with van der Waals surface area (Å²) in [5.74, 6) is 2.23. The van der Waals surface area contributed by atoms with Crippen LogP contribution in [0.4, 0.5) is 5.95 Å². The molecule has 0 aliphatic carbocycles. The lowest BCUT2D eigenvalue weighted by Crippen LogP contribution is -2.04. The number of anilines is 1. The van der Waals surface area contributed by atoms with E-state index < -0.39 is 0 Å². The quantitative estimate of drug-likeness (QED) is 0.452. The minimum absolute atomic E-state index is 0.529. The minimum atomic E-state index is 0.529. The number of imidazole rings is 1. The molecule has 4 aromatic rings. The van der Waals surface area contributed by atoms with Gasteiger partial charge in [0, 0.05) is 25.6 Å². The minimum Gasteiger partial charge on any atom is -0.497 e. The second-order valence-electron chi connectivity index (χ2n) is 7.54. The summed E-state index contributed by atoms with van der Waals surface area (Å²) in [7, 11) is 3.64. The SMILES string of the molecule is COc1ccc(Cc2nc(N)n(C)c2Cc2ccc(OCc3ccccc3)cc2)cc1. The van der Waals surface area contributed by atoms with Gasteiger partial charge in [-0.25, -0.2) is 4.98 Å². The summed E-state index contributed by atoms with van der Waals surface area (Å²) in [5, 5.41) is 0. The molecular formula is C26H27N3O2. The average molecular weight is 414 g/mol. The summed E-state index contributed by atoms with van der Waals surface area (Å²) in [6, 6.07) is 26.5. The zero-order valence-electron chi connectivity index (χ0n) is 17.9. The van der Waals surface area contributed by atoms with Crippen molar-refractivity contribution in [2.45, 2.75) is 19.4 Å². The lowest BCUT2D eigenvalue weighted by molar-refractivity contribution is 0.306. The summed E-state index contributed by atoms with van der Waals surface area (Å²) < 4.78 is 13.1.